The molecule has 1 fully saturated rings. The third-order valence-electron chi connectivity index (χ3n) is 4.20. The van der Waals surface area contributed by atoms with Crippen molar-refractivity contribution in [1.82, 2.24) is 4.98 Å². The van der Waals surface area contributed by atoms with Gasteiger partial charge in [0.25, 0.3) is 0 Å². The molecule has 1 aliphatic heterocycles. The highest BCUT2D eigenvalue weighted by atomic mass is 16.5. The fourth-order valence-electron chi connectivity index (χ4n) is 2.63. The summed E-state index contributed by atoms with van der Waals surface area (Å²) in [4.78, 5) is 16.2. The molecule has 6 nitrogen and oxygen atoms in total. The molecule has 0 bridgehead atoms. The van der Waals surface area contributed by atoms with Crippen LogP contribution in [-0.4, -0.2) is 30.3 Å². The van der Waals surface area contributed by atoms with Gasteiger partial charge < -0.3 is 21.2 Å². The van der Waals surface area contributed by atoms with Crippen LogP contribution in [0.4, 0.5) is 5.69 Å². The van der Waals surface area contributed by atoms with Gasteiger partial charge in [0.15, 0.2) is 0 Å². The number of rotatable bonds is 6. The molecule has 0 spiro atoms. The van der Waals surface area contributed by atoms with Crippen molar-refractivity contribution >= 4 is 29.5 Å². The standard InChI is InChI=1S/C20H20N4O2/c21-9-16(10-22)19-7-8-23-11-15(19)3-6-20(25)24-18-4-1-14(2-5-18)17-12-26-13-17/h1-11,17,21H,12-13,22H2,(H,24,25)/b6-3+,16-10+,21-9?. The molecule has 0 aliphatic carbocycles. The first-order valence-corrected chi connectivity index (χ1v) is 8.25. The first kappa shape index (κ1) is 17.6. The van der Waals surface area contributed by atoms with Gasteiger partial charge in [-0.25, -0.2) is 0 Å². The van der Waals surface area contributed by atoms with E-state index in [1.165, 1.54) is 24.1 Å². The molecule has 1 amide bonds. The Hall–Kier alpha value is -3.25. The summed E-state index contributed by atoms with van der Waals surface area (Å²) in [6.45, 7) is 1.52. The number of amides is 1. The second-order valence-electron chi connectivity index (χ2n) is 5.91. The Morgan fingerprint density at radius 1 is 1.27 bits per heavy atom. The van der Waals surface area contributed by atoms with Gasteiger partial charge in [-0.2, -0.15) is 0 Å². The topological polar surface area (TPSA) is 101 Å². The maximum Gasteiger partial charge on any atom is 0.248 e. The van der Waals surface area contributed by atoms with Crippen LogP contribution >= 0.6 is 0 Å². The summed E-state index contributed by atoms with van der Waals surface area (Å²) in [7, 11) is 0. The van der Waals surface area contributed by atoms with Crippen molar-refractivity contribution in [3.63, 3.8) is 0 Å². The Labute approximate surface area is 151 Å². The molecule has 132 valence electrons. The molecule has 1 aromatic carbocycles. The van der Waals surface area contributed by atoms with Gasteiger partial charge in [-0.1, -0.05) is 12.1 Å². The van der Waals surface area contributed by atoms with Crippen molar-refractivity contribution in [3.05, 3.63) is 71.7 Å². The number of nitrogens with zero attached hydrogens (tertiary/aromatic N) is 1. The molecule has 2 heterocycles. The molecule has 0 radical (unpaired) electrons. The lowest BCUT2D eigenvalue weighted by molar-refractivity contribution is -0.111. The molecule has 2 aromatic rings. The zero-order chi connectivity index (χ0) is 18.4. The predicted octanol–water partition coefficient (Wildman–Crippen LogP) is 2.80. The first-order chi connectivity index (χ1) is 12.7. The summed E-state index contributed by atoms with van der Waals surface area (Å²) in [5, 5.41) is 10.2. The summed E-state index contributed by atoms with van der Waals surface area (Å²) >= 11 is 0. The summed E-state index contributed by atoms with van der Waals surface area (Å²) in [5.74, 6) is 0.218. The summed E-state index contributed by atoms with van der Waals surface area (Å²) in [6.07, 6.45) is 8.86. The van der Waals surface area contributed by atoms with Crippen LogP contribution in [0.1, 0.15) is 22.6 Å². The molecule has 6 heteroatoms. The number of hydrogen-bond donors (Lipinski definition) is 3. The maximum atomic E-state index is 12.2. The van der Waals surface area contributed by atoms with Crippen LogP contribution in [0.15, 0.2) is 55.0 Å². The number of carbonyl (C=O) groups is 1. The Balaban J connectivity index is 1.67. The van der Waals surface area contributed by atoms with E-state index in [1.54, 1.807) is 24.5 Å². The highest BCUT2D eigenvalue weighted by molar-refractivity contribution is 6.10. The van der Waals surface area contributed by atoms with Crippen LogP contribution in [0, 0.1) is 5.41 Å². The van der Waals surface area contributed by atoms with Crippen LogP contribution < -0.4 is 11.1 Å². The lowest BCUT2D eigenvalue weighted by Crippen LogP contribution is -2.24. The smallest absolute Gasteiger partial charge is 0.248 e. The van der Waals surface area contributed by atoms with E-state index >= 15 is 0 Å². The fraction of sp³-hybridized carbons (Fsp3) is 0.150. The van der Waals surface area contributed by atoms with Gasteiger partial charge in [-0.15, -0.1) is 0 Å². The van der Waals surface area contributed by atoms with Gasteiger partial charge in [0.05, 0.1) is 13.2 Å². The van der Waals surface area contributed by atoms with E-state index in [2.05, 4.69) is 10.3 Å². The van der Waals surface area contributed by atoms with E-state index in [0.717, 1.165) is 24.5 Å². The normalized spacial score (nSPS) is 14.8. The molecule has 3 rings (SSSR count). The van der Waals surface area contributed by atoms with E-state index in [1.807, 2.05) is 24.3 Å². The minimum Gasteiger partial charge on any atom is -0.404 e. The third kappa shape index (κ3) is 4.04. The molecule has 0 unspecified atom stereocenters. The average molecular weight is 348 g/mol. The SMILES string of the molecule is N=C/C(=C\N)c1ccncc1/C=C/C(=O)Nc1ccc(C2COC2)cc1. The molecule has 0 atom stereocenters. The molecule has 1 saturated heterocycles. The lowest BCUT2D eigenvalue weighted by atomic mass is 9.97. The van der Waals surface area contributed by atoms with Crippen molar-refractivity contribution in [2.24, 2.45) is 5.73 Å². The number of pyridine rings is 1. The van der Waals surface area contributed by atoms with E-state index in [0.29, 0.717) is 17.1 Å². The predicted molar refractivity (Wildman–Crippen MR) is 103 cm³/mol. The minimum atomic E-state index is -0.243. The molecular weight excluding hydrogens is 328 g/mol. The number of nitrogens with two attached hydrogens (primary N) is 1. The van der Waals surface area contributed by atoms with E-state index < -0.39 is 0 Å². The Morgan fingerprint density at radius 3 is 2.65 bits per heavy atom. The summed E-state index contributed by atoms with van der Waals surface area (Å²) in [6, 6.07) is 9.55. The second-order valence-corrected chi connectivity index (χ2v) is 5.91. The van der Waals surface area contributed by atoms with Crippen molar-refractivity contribution in [2.75, 3.05) is 18.5 Å². The van der Waals surface area contributed by atoms with Gasteiger partial charge >= 0.3 is 0 Å². The van der Waals surface area contributed by atoms with Crippen LogP contribution in [0.2, 0.25) is 0 Å². The van der Waals surface area contributed by atoms with Crippen molar-refractivity contribution in [3.8, 4) is 0 Å². The van der Waals surface area contributed by atoms with Crippen LogP contribution in [0.25, 0.3) is 11.6 Å². The number of benzene rings is 1. The fourth-order valence-corrected chi connectivity index (χ4v) is 2.63. The van der Waals surface area contributed by atoms with Crippen LogP contribution in [0.5, 0.6) is 0 Å². The van der Waals surface area contributed by atoms with E-state index in [4.69, 9.17) is 15.9 Å². The average Bonchev–Trinajstić information content (AvgIpc) is 2.62. The van der Waals surface area contributed by atoms with Gasteiger partial charge in [0.1, 0.15) is 0 Å². The molecule has 4 N–H and O–H groups in total. The molecule has 26 heavy (non-hydrogen) atoms. The zero-order valence-corrected chi connectivity index (χ0v) is 14.2. The Kier molecular flexibility index (Phi) is 5.56. The number of nitrogens with one attached hydrogen (secondary N) is 2. The third-order valence-corrected chi connectivity index (χ3v) is 4.20. The highest BCUT2D eigenvalue weighted by Crippen LogP contribution is 2.25. The molecule has 0 saturated carbocycles. The number of hydrogen-bond acceptors (Lipinski definition) is 5. The van der Waals surface area contributed by atoms with Crippen molar-refractivity contribution in [1.29, 1.82) is 5.41 Å². The zero-order valence-electron chi connectivity index (χ0n) is 14.2. The molecule has 1 aliphatic rings. The van der Waals surface area contributed by atoms with E-state index in [-0.39, 0.29) is 5.91 Å². The largest absolute Gasteiger partial charge is 0.404 e. The quantitative estimate of drug-likeness (QED) is 0.552. The number of aromatic nitrogens is 1. The van der Waals surface area contributed by atoms with Gasteiger partial charge in [0, 0.05) is 53.6 Å². The maximum absolute atomic E-state index is 12.2. The van der Waals surface area contributed by atoms with E-state index in [9.17, 15) is 4.79 Å². The summed E-state index contributed by atoms with van der Waals surface area (Å²) in [5.41, 5.74) is 9.51. The number of ether oxygens (including phenoxy) is 1. The Bertz CT molecular complexity index is 852. The second kappa shape index (κ2) is 8.22. The summed E-state index contributed by atoms with van der Waals surface area (Å²) < 4.78 is 5.19. The highest BCUT2D eigenvalue weighted by Gasteiger charge is 2.19. The van der Waals surface area contributed by atoms with Crippen molar-refractivity contribution in [2.45, 2.75) is 5.92 Å². The van der Waals surface area contributed by atoms with Gasteiger partial charge in [-0.3, -0.25) is 9.78 Å². The number of carbonyl (C=O) groups excluding carboxylic acids is 1. The van der Waals surface area contributed by atoms with Gasteiger partial charge in [-0.05, 0) is 35.4 Å². The lowest BCUT2D eigenvalue weighted by Gasteiger charge is -2.26. The van der Waals surface area contributed by atoms with Crippen molar-refractivity contribution < 1.29 is 9.53 Å². The Morgan fingerprint density at radius 2 is 2.04 bits per heavy atom. The van der Waals surface area contributed by atoms with Crippen LogP contribution in [-0.2, 0) is 9.53 Å². The molecule has 1 aromatic heterocycles. The minimum absolute atomic E-state index is 0.243. The molecular formula is C20H20N4O2. The number of allylic oxidation sites excluding steroid dienone is 1. The monoisotopic (exact) mass is 348 g/mol. The first-order valence-electron chi connectivity index (χ1n) is 8.25. The van der Waals surface area contributed by atoms with Crippen LogP contribution in [0.3, 0.4) is 0 Å². The van der Waals surface area contributed by atoms with Gasteiger partial charge in [0.2, 0.25) is 5.91 Å². The number of anilines is 1.